The predicted molar refractivity (Wildman–Crippen MR) is 88.3 cm³/mol. The minimum absolute atomic E-state index is 0.730. The molecule has 2 aromatic rings. The third-order valence-corrected chi connectivity index (χ3v) is 5.53. The van der Waals surface area contributed by atoms with Crippen LogP contribution in [0.1, 0.15) is 29.8 Å². The van der Waals surface area contributed by atoms with Crippen molar-refractivity contribution in [3.8, 4) is 5.69 Å². The van der Waals surface area contributed by atoms with Gasteiger partial charge in [-0.3, -0.25) is 0 Å². The van der Waals surface area contributed by atoms with E-state index >= 15 is 0 Å². The minimum Gasteiger partial charge on any atom is -0.310 e. The summed E-state index contributed by atoms with van der Waals surface area (Å²) < 4.78 is 4.18. The lowest BCUT2D eigenvalue weighted by Gasteiger charge is -2.10. The van der Waals surface area contributed by atoms with Crippen LogP contribution in [-0.2, 0) is 6.54 Å². The van der Waals surface area contributed by atoms with Crippen LogP contribution < -0.4 is 5.32 Å². The summed E-state index contributed by atoms with van der Waals surface area (Å²) in [7, 11) is 0. The summed E-state index contributed by atoms with van der Waals surface area (Å²) in [6.45, 7) is 5.00. The zero-order valence-electron chi connectivity index (χ0n) is 11.6. The topological polar surface area (TPSA) is 29.9 Å². The normalized spacial score (nSPS) is 14.8. The second kappa shape index (κ2) is 5.62. The molecule has 0 radical (unpaired) electrons. The predicted octanol–water partition coefficient (Wildman–Crippen LogP) is 4.27. The van der Waals surface area contributed by atoms with Crippen LogP contribution in [0.5, 0.6) is 0 Å². The smallest absolute Gasteiger partial charge is 0.0743 e. The molecular formula is C15H17Br2N3. The molecule has 0 spiro atoms. The highest BCUT2D eigenvalue weighted by Crippen LogP contribution is 2.27. The van der Waals surface area contributed by atoms with E-state index in [2.05, 4.69) is 67.4 Å². The molecule has 0 bridgehead atoms. The maximum atomic E-state index is 4.57. The van der Waals surface area contributed by atoms with Crippen molar-refractivity contribution in [3.63, 3.8) is 0 Å². The second-order valence-electron chi connectivity index (χ2n) is 5.33. The van der Waals surface area contributed by atoms with Crippen LogP contribution in [-0.4, -0.2) is 15.8 Å². The highest BCUT2D eigenvalue weighted by atomic mass is 79.9. The standard InChI is InChI=1S/C15H17Br2N3/c1-9-15(17)10(2)20(19-9)13-6-3-11(14(16)7-13)8-18-12-4-5-12/h3,6-7,12,18H,4-5,8H2,1-2H3. The lowest BCUT2D eigenvalue weighted by Crippen LogP contribution is -2.15. The summed E-state index contributed by atoms with van der Waals surface area (Å²) in [5.41, 5.74) is 4.51. The molecule has 106 valence electrons. The Morgan fingerprint density at radius 1 is 1.30 bits per heavy atom. The molecule has 0 saturated heterocycles. The van der Waals surface area contributed by atoms with Gasteiger partial charge in [0.1, 0.15) is 0 Å². The molecule has 1 fully saturated rings. The monoisotopic (exact) mass is 397 g/mol. The van der Waals surface area contributed by atoms with E-state index in [0.29, 0.717) is 0 Å². The molecule has 3 rings (SSSR count). The Labute approximate surface area is 136 Å². The van der Waals surface area contributed by atoms with Gasteiger partial charge in [-0.2, -0.15) is 5.10 Å². The SMILES string of the molecule is Cc1nn(-c2ccc(CNC3CC3)c(Br)c2)c(C)c1Br. The first-order valence-corrected chi connectivity index (χ1v) is 8.39. The number of nitrogens with zero attached hydrogens (tertiary/aromatic N) is 2. The molecule has 0 atom stereocenters. The van der Waals surface area contributed by atoms with E-state index in [9.17, 15) is 0 Å². The van der Waals surface area contributed by atoms with Gasteiger partial charge in [-0.05, 0) is 60.3 Å². The van der Waals surface area contributed by atoms with Gasteiger partial charge in [0.2, 0.25) is 0 Å². The van der Waals surface area contributed by atoms with E-state index in [1.807, 2.05) is 11.6 Å². The fourth-order valence-corrected chi connectivity index (χ4v) is 2.98. The number of hydrogen-bond acceptors (Lipinski definition) is 2. The highest BCUT2D eigenvalue weighted by Gasteiger charge is 2.20. The van der Waals surface area contributed by atoms with E-state index in [-0.39, 0.29) is 0 Å². The molecule has 5 heteroatoms. The van der Waals surface area contributed by atoms with Crippen molar-refractivity contribution in [2.24, 2.45) is 0 Å². The minimum atomic E-state index is 0.730. The number of benzene rings is 1. The molecule has 1 saturated carbocycles. The van der Waals surface area contributed by atoms with Gasteiger partial charge in [-0.1, -0.05) is 22.0 Å². The molecule has 1 N–H and O–H groups in total. The molecule has 0 aliphatic heterocycles. The number of aromatic nitrogens is 2. The molecule has 1 aliphatic rings. The maximum Gasteiger partial charge on any atom is 0.0743 e. The van der Waals surface area contributed by atoms with Gasteiger partial charge in [0.05, 0.1) is 21.5 Å². The number of nitrogens with one attached hydrogen (secondary N) is 1. The first-order valence-electron chi connectivity index (χ1n) is 6.80. The number of aryl methyl sites for hydroxylation is 1. The molecule has 3 nitrogen and oxygen atoms in total. The van der Waals surface area contributed by atoms with Crippen LogP contribution >= 0.6 is 31.9 Å². The van der Waals surface area contributed by atoms with E-state index in [1.165, 1.54) is 18.4 Å². The molecule has 1 aromatic carbocycles. The quantitative estimate of drug-likeness (QED) is 0.833. The summed E-state index contributed by atoms with van der Waals surface area (Å²) in [5.74, 6) is 0. The van der Waals surface area contributed by atoms with Gasteiger partial charge in [-0.25, -0.2) is 4.68 Å². The van der Waals surface area contributed by atoms with Crippen LogP contribution in [0.4, 0.5) is 0 Å². The Morgan fingerprint density at radius 3 is 2.60 bits per heavy atom. The lowest BCUT2D eigenvalue weighted by molar-refractivity contribution is 0.685. The third kappa shape index (κ3) is 2.85. The van der Waals surface area contributed by atoms with Gasteiger partial charge in [0, 0.05) is 17.1 Å². The summed E-state index contributed by atoms with van der Waals surface area (Å²) in [6, 6.07) is 7.16. The van der Waals surface area contributed by atoms with Crippen LogP contribution in [0.3, 0.4) is 0 Å². The van der Waals surface area contributed by atoms with Crippen molar-refractivity contribution >= 4 is 31.9 Å². The molecular weight excluding hydrogens is 382 g/mol. The lowest BCUT2D eigenvalue weighted by atomic mass is 10.2. The molecule has 1 aromatic heterocycles. The van der Waals surface area contributed by atoms with E-state index in [0.717, 1.165) is 38.6 Å². The summed E-state index contributed by atoms with van der Waals surface area (Å²) in [4.78, 5) is 0. The highest BCUT2D eigenvalue weighted by molar-refractivity contribution is 9.10. The molecule has 1 aliphatic carbocycles. The van der Waals surface area contributed by atoms with Crippen LogP contribution in [0.25, 0.3) is 5.69 Å². The van der Waals surface area contributed by atoms with Crippen LogP contribution in [0, 0.1) is 13.8 Å². The number of rotatable bonds is 4. The maximum absolute atomic E-state index is 4.57. The Balaban J connectivity index is 1.86. The Kier molecular flexibility index (Phi) is 4.02. The molecule has 0 unspecified atom stereocenters. The fraction of sp³-hybridized carbons (Fsp3) is 0.400. The van der Waals surface area contributed by atoms with E-state index < -0.39 is 0 Å². The van der Waals surface area contributed by atoms with Gasteiger partial charge in [-0.15, -0.1) is 0 Å². The second-order valence-corrected chi connectivity index (χ2v) is 6.97. The zero-order chi connectivity index (χ0) is 14.3. The van der Waals surface area contributed by atoms with Crippen LogP contribution in [0.2, 0.25) is 0 Å². The Hall–Kier alpha value is -0.650. The summed E-state index contributed by atoms with van der Waals surface area (Å²) >= 11 is 7.24. The van der Waals surface area contributed by atoms with Gasteiger partial charge >= 0.3 is 0 Å². The fourth-order valence-electron chi connectivity index (χ4n) is 2.23. The molecule has 0 amide bonds. The zero-order valence-corrected chi connectivity index (χ0v) is 14.8. The first-order chi connectivity index (χ1) is 9.56. The van der Waals surface area contributed by atoms with Crippen LogP contribution in [0.15, 0.2) is 27.1 Å². The van der Waals surface area contributed by atoms with Crippen molar-refractivity contribution in [1.82, 2.24) is 15.1 Å². The van der Waals surface area contributed by atoms with Crippen molar-refractivity contribution in [2.45, 2.75) is 39.3 Å². The third-order valence-electron chi connectivity index (χ3n) is 3.64. The van der Waals surface area contributed by atoms with Gasteiger partial charge in [0.15, 0.2) is 0 Å². The van der Waals surface area contributed by atoms with E-state index in [4.69, 9.17) is 0 Å². The number of hydrogen-bond donors (Lipinski definition) is 1. The van der Waals surface area contributed by atoms with Crippen molar-refractivity contribution < 1.29 is 0 Å². The van der Waals surface area contributed by atoms with Crippen molar-refractivity contribution in [1.29, 1.82) is 0 Å². The van der Waals surface area contributed by atoms with Crippen molar-refractivity contribution in [2.75, 3.05) is 0 Å². The van der Waals surface area contributed by atoms with Gasteiger partial charge in [0.25, 0.3) is 0 Å². The molecule has 1 heterocycles. The average molecular weight is 399 g/mol. The van der Waals surface area contributed by atoms with Crippen molar-refractivity contribution in [3.05, 3.63) is 44.1 Å². The molecule has 20 heavy (non-hydrogen) atoms. The number of halogens is 2. The summed E-state index contributed by atoms with van der Waals surface area (Å²) in [6.07, 6.45) is 2.63. The largest absolute Gasteiger partial charge is 0.310 e. The van der Waals surface area contributed by atoms with E-state index in [1.54, 1.807) is 0 Å². The first kappa shape index (κ1) is 14.3. The average Bonchev–Trinajstić information content (AvgIpc) is 3.21. The Morgan fingerprint density at radius 2 is 2.05 bits per heavy atom. The Bertz CT molecular complexity index is 645. The summed E-state index contributed by atoms with van der Waals surface area (Å²) in [5, 5.41) is 8.11. The van der Waals surface area contributed by atoms with Gasteiger partial charge < -0.3 is 5.32 Å².